The maximum Gasteiger partial charge on any atom is 0.317 e. The van der Waals surface area contributed by atoms with Crippen molar-refractivity contribution in [3.05, 3.63) is 59.0 Å². The summed E-state index contributed by atoms with van der Waals surface area (Å²) in [5.74, 6) is 4.82. The first-order chi connectivity index (χ1) is 17.1. The van der Waals surface area contributed by atoms with Crippen LogP contribution >= 0.6 is 0 Å². The highest BCUT2D eigenvalue weighted by atomic mass is 19.1. The number of carbonyl (C=O) groups excluding carboxylic acids is 2. The lowest BCUT2D eigenvalue weighted by molar-refractivity contribution is 0.0351. The third kappa shape index (κ3) is 6.52. The summed E-state index contributed by atoms with van der Waals surface area (Å²) in [6.45, 7) is 7.83. The number of hydrogen-bond acceptors (Lipinski definition) is 5. The first-order valence-corrected chi connectivity index (χ1v) is 12.0. The van der Waals surface area contributed by atoms with E-state index in [4.69, 9.17) is 4.74 Å². The molecule has 3 rings (SSSR count). The van der Waals surface area contributed by atoms with E-state index in [0.717, 1.165) is 0 Å². The fourth-order valence-electron chi connectivity index (χ4n) is 3.80. The highest BCUT2D eigenvalue weighted by Crippen LogP contribution is 2.27. The molecule has 9 heteroatoms. The summed E-state index contributed by atoms with van der Waals surface area (Å²) in [6, 6.07) is 7.05. The van der Waals surface area contributed by atoms with E-state index < -0.39 is 18.0 Å². The Morgan fingerprint density at radius 3 is 2.72 bits per heavy atom. The third-order valence-corrected chi connectivity index (χ3v) is 5.95. The molecule has 8 nitrogen and oxygen atoms in total. The second-order valence-electron chi connectivity index (χ2n) is 9.41. The van der Waals surface area contributed by atoms with E-state index in [1.54, 1.807) is 48.0 Å². The number of pyridine rings is 1. The molecule has 0 fully saturated rings. The van der Waals surface area contributed by atoms with E-state index in [1.165, 1.54) is 12.3 Å². The maximum atomic E-state index is 14.0. The Hall–Kier alpha value is -3.64. The van der Waals surface area contributed by atoms with Gasteiger partial charge >= 0.3 is 6.03 Å². The van der Waals surface area contributed by atoms with E-state index in [-0.39, 0.29) is 54.1 Å². The Kier molecular flexibility index (Phi) is 8.88. The molecule has 2 heterocycles. The van der Waals surface area contributed by atoms with Crippen molar-refractivity contribution < 1.29 is 23.8 Å². The normalized spacial score (nSPS) is 18.2. The summed E-state index contributed by atoms with van der Waals surface area (Å²) in [4.78, 5) is 33.4. The molecule has 1 aliphatic heterocycles. The number of halogens is 1. The first kappa shape index (κ1) is 27.0. The SMILES string of the molecule is CC(C)NC(=O)N(C)C[C@H]1Oc2ncc(C#Cc3ccccc3F)cc2C(=O)N([C@@H](C)CO)C[C@H]1C. The lowest BCUT2D eigenvalue weighted by Crippen LogP contribution is -2.51. The van der Waals surface area contributed by atoms with Gasteiger partial charge in [-0.2, -0.15) is 0 Å². The molecule has 0 saturated heterocycles. The van der Waals surface area contributed by atoms with Gasteiger partial charge in [0, 0.05) is 37.3 Å². The topological polar surface area (TPSA) is 95.0 Å². The number of aliphatic hydroxyl groups excluding tert-OH is 1. The van der Waals surface area contributed by atoms with Crippen LogP contribution < -0.4 is 10.1 Å². The predicted octanol–water partition coefficient (Wildman–Crippen LogP) is 2.89. The molecule has 0 radical (unpaired) electrons. The van der Waals surface area contributed by atoms with Gasteiger partial charge in [-0.3, -0.25) is 4.79 Å². The van der Waals surface area contributed by atoms with Crippen LogP contribution in [0.5, 0.6) is 5.88 Å². The summed E-state index contributed by atoms with van der Waals surface area (Å²) < 4.78 is 20.2. The van der Waals surface area contributed by atoms with Crippen LogP contribution in [0.2, 0.25) is 0 Å². The molecule has 1 aromatic carbocycles. The van der Waals surface area contributed by atoms with E-state index in [1.807, 2.05) is 20.8 Å². The largest absolute Gasteiger partial charge is 0.472 e. The Labute approximate surface area is 211 Å². The number of rotatable bonds is 5. The lowest BCUT2D eigenvalue weighted by Gasteiger charge is -2.37. The minimum atomic E-state index is -0.462. The van der Waals surface area contributed by atoms with Crippen molar-refractivity contribution in [1.82, 2.24) is 20.1 Å². The molecule has 0 spiro atoms. The molecule has 192 valence electrons. The van der Waals surface area contributed by atoms with Gasteiger partial charge in [0.05, 0.1) is 24.8 Å². The fourth-order valence-corrected chi connectivity index (χ4v) is 3.80. The number of carbonyl (C=O) groups is 2. The molecule has 2 aromatic rings. The van der Waals surface area contributed by atoms with Crippen molar-refractivity contribution in [2.45, 2.75) is 45.9 Å². The molecule has 3 amide bonds. The average Bonchev–Trinajstić information content (AvgIpc) is 2.84. The zero-order valence-corrected chi connectivity index (χ0v) is 21.3. The summed E-state index contributed by atoms with van der Waals surface area (Å²) in [5.41, 5.74) is 0.852. The van der Waals surface area contributed by atoms with E-state index in [0.29, 0.717) is 12.1 Å². The number of amides is 3. The first-order valence-electron chi connectivity index (χ1n) is 12.0. The summed E-state index contributed by atoms with van der Waals surface area (Å²) >= 11 is 0. The molecule has 0 unspecified atom stereocenters. The number of likely N-dealkylation sites (N-methyl/N-ethyl adjacent to an activating group) is 1. The van der Waals surface area contributed by atoms with Gasteiger partial charge < -0.3 is 25.0 Å². The summed E-state index contributed by atoms with van der Waals surface area (Å²) in [7, 11) is 1.68. The minimum absolute atomic E-state index is 0.0135. The molecule has 0 aliphatic carbocycles. The number of hydrogen-bond donors (Lipinski definition) is 2. The third-order valence-electron chi connectivity index (χ3n) is 5.95. The van der Waals surface area contributed by atoms with Crippen molar-refractivity contribution in [2.24, 2.45) is 5.92 Å². The monoisotopic (exact) mass is 496 g/mol. The Balaban J connectivity index is 1.97. The Morgan fingerprint density at radius 1 is 1.33 bits per heavy atom. The molecular formula is C27H33FN4O4. The Morgan fingerprint density at radius 2 is 2.06 bits per heavy atom. The number of aromatic nitrogens is 1. The van der Waals surface area contributed by atoms with Gasteiger partial charge in [-0.05, 0) is 39.0 Å². The molecule has 0 bridgehead atoms. The van der Waals surface area contributed by atoms with Crippen molar-refractivity contribution >= 4 is 11.9 Å². The molecule has 1 aliphatic rings. The van der Waals surface area contributed by atoms with Crippen molar-refractivity contribution in [3.8, 4) is 17.7 Å². The fraction of sp³-hybridized carbons (Fsp3) is 0.444. The highest BCUT2D eigenvalue weighted by Gasteiger charge is 2.34. The van der Waals surface area contributed by atoms with Crippen LogP contribution in [0, 0.1) is 23.6 Å². The van der Waals surface area contributed by atoms with Crippen LogP contribution in [0.3, 0.4) is 0 Å². The minimum Gasteiger partial charge on any atom is -0.472 e. The predicted molar refractivity (Wildman–Crippen MR) is 134 cm³/mol. The van der Waals surface area contributed by atoms with E-state index in [2.05, 4.69) is 22.1 Å². The zero-order chi connectivity index (χ0) is 26.4. The number of nitrogens with one attached hydrogen (secondary N) is 1. The van der Waals surface area contributed by atoms with Crippen LogP contribution in [0.1, 0.15) is 49.2 Å². The van der Waals surface area contributed by atoms with Crippen molar-refractivity contribution in [2.75, 3.05) is 26.7 Å². The standard InChI is InChI=1S/C27H33FN4O4/c1-17(2)30-27(35)31(5)15-24-18(3)14-32(19(4)16-33)26(34)22-12-20(13-29-25(22)36-24)10-11-21-8-6-7-9-23(21)28/h6-9,12-13,17-19,24,33H,14-16H2,1-5H3,(H,30,35)/t18-,19+,24-/m1/s1. The van der Waals surface area contributed by atoms with Gasteiger partial charge in [-0.15, -0.1) is 0 Å². The van der Waals surface area contributed by atoms with Gasteiger partial charge in [-0.25, -0.2) is 14.2 Å². The van der Waals surface area contributed by atoms with Gasteiger partial charge in [0.15, 0.2) is 0 Å². The molecule has 1 aromatic heterocycles. The van der Waals surface area contributed by atoms with Gasteiger partial charge in [0.1, 0.15) is 17.5 Å². The smallest absolute Gasteiger partial charge is 0.317 e. The van der Waals surface area contributed by atoms with Gasteiger partial charge in [0.25, 0.3) is 5.91 Å². The molecule has 36 heavy (non-hydrogen) atoms. The van der Waals surface area contributed by atoms with Crippen LogP contribution in [0.25, 0.3) is 0 Å². The number of urea groups is 1. The number of fused-ring (bicyclic) bond motifs is 1. The van der Waals surface area contributed by atoms with Crippen molar-refractivity contribution in [1.29, 1.82) is 0 Å². The summed E-state index contributed by atoms with van der Waals surface area (Å²) in [5, 5.41) is 12.7. The average molecular weight is 497 g/mol. The molecule has 0 saturated carbocycles. The van der Waals surface area contributed by atoms with Crippen LogP contribution in [-0.4, -0.2) is 76.8 Å². The molecule has 3 atom stereocenters. The summed E-state index contributed by atoms with van der Waals surface area (Å²) in [6.07, 6.45) is 1.01. The molecular weight excluding hydrogens is 463 g/mol. The number of nitrogens with zero attached hydrogens (tertiary/aromatic N) is 3. The van der Waals surface area contributed by atoms with Crippen LogP contribution in [0.15, 0.2) is 36.5 Å². The van der Waals surface area contributed by atoms with Crippen LogP contribution in [0.4, 0.5) is 9.18 Å². The van der Waals surface area contributed by atoms with E-state index >= 15 is 0 Å². The molecule has 2 N–H and O–H groups in total. The highest BCUT2D eigenvalue weighted by molar-refractivity contribution is 5.97. The lowest BCUT2D eigenvalue weighted by atomic mass is 10.00. The van der Waals surface area contributed by atoms with Crippen LogP contribution in [-0.2, 0) is 0 Å². The van der Waals surface area contributed by atoms with Gasteiger partial charge in [0.2, 0.25) is 5.88 Å². The van der Waals surface area contributed by atoms with Gasteiger partial charge in [-0.1, -0.05) is 30.9 Å². The maximum absolute atomic E-state index is 14.0. The number of benzene rings is 1. The number of aliphatic hydroxyl groups is 1. The second kappa shape index (κ2) is 11.9. The Bertz CT molecular complexity index is 1160. The van der Waals surface area contributed by atoms with Crippen molar-refractivity contribution in [3.63, 3.8) is 0 Å². The second-order valence-corrected chi connectivity index (χ2v) is 9.41. The quantitative estimate of drug-likeness (QED) is 0.621. The number of ether oxygens (including phenoxy) is 1. The van der Waals surface area contributed by atoms with E-state index in [9.17, 15) is 19.1 Å². The zero-order valence-electron chi connectivity index (χ0n) is 21.3.